The molecule has 1 aromatic heterocycles. The molecule has 20 heavy (non-hydrogen) atoms. The molecule has 2 aromatic rings. The van der Waals surface area contributed by atoms with Crippen molar-refractivity contribution in [1.29, 1.82) is 5.26 Å². The maximum atomic E-state index is 12.3. The summed E-state index contributed by atoms with van der Waals surface area (Å²) in [6.07, 6.45) is 0. The fourth-order valence-corrected chi connectivity index (χ4v) is 2.60. The lowest BCUT2D eigenvalue weighted by Crippen LogP contribution is -2.11. The molecule has 1 unspecified atom stereocenters. The van der Waals surface area contributed by atoms with Gasteiger partial charge in [-0.05, 0) is 24.6 Å². The second kappa shape index (κ2) is 4.94. The van der Waals surface area contributed by atoms with Crippen molar-refractivity contribution in [3.05, 3.63) is 39.8 Å². The third kappa shape index (κ3) is 2.12. The average Bonchev–Trinajstić information content (AvgIpc) is 3.07. The topological polar surface area (TPSA) is 72.2 Å². The van der Waals surface area contributed by atoms with Gasteiger partial charge >= 0.3 is 0 Å². The fraction of sp³-hybridized carbons (Fsp3) is 0.214. The minimum Gasteiger partial charge on any atom is -0.454 e. The van der Waals surface area contributed by atoms with Crippen molar-refractivity contribution in [2.45, 2.75) is 12.8 Å². The first-order valence-electron chi connectivity index (χ1n) is 5.94. The van der Waals surface area contributed by atoms with Crippen molar-refractivity contribution in [1.82, 2.24) is 4.98 Å². The second-order valence-corrected chi connectivity index (χ2v) is 5.35. The molecule has 1 atom stereocenters. The highest BCUT2D eigenvalue weighted by Crippen LogP contribution is 2.35. The molecule has 1 aliphatic rings. The van der Waals surface area contributed by atoms with Crippen LogP contribution in [0.25, 0.3) is 0 Å². The predicted octanol–water partition coefficient (Wildman–Crippen LogP) is 2.67. The zero-order valence-corrected chi connectivity index (χ0v) is 11.4. The maximum absolute atomic E-state index is 12.3. The molecule has 5 nitrogen and oxygen atoms in total. The number of carbonyl (C=O) groups is 1. The summed E-state index contributed by atoms with van der Waals surface area (Å²) in [4.78, 5) is 16.5. The Bertz CT molecular complexity index is 717. The van der Waals surface area contributed by atoms with E-state index in [4.69, 9.17) is 9.47 Å². The van der Waals surface area contributed by atoms with Gasteiger partial charge in [-0.3, -0.25) is 4.79 Å². The van der Waals surface area contributed by atoms with E-state index < -0.39 is 5.92 Å². The van der Waals surface area contributed by atoms with Gasteiger partial charge in [0.25, 0.3) is 0 Å². The normalized spacial score (nSPS) is 13.8. The Labute approximate surface area is 119 Å². The van der Waals surface area contributed by atoms with E-state index in [1.165, 1.54) is 11.3 Å². The fourth-order valence-electron chi connectivity index (χ4n) is 2.00. The molecule has 0 bridgehead atoms. The number of ether oxygens (including phenoxy) is 2. The number of nitriles is 1. The van der Waals surface area contributed by atoms with Gasteiger partial charge in [-0.15, -0.1) is 11.3 Å². The third-order valence-electron chi connectivity index (χ3n) is 2.99. The second-order valence-electron chi connectivity index (χ2n) is 4.29. The van der Waals surface area contributed by atoms with E-state index >= 15 is 0 Å². The summed E-state index contributed by atoms with van der Waals surface area (Å²) >= 11 is 1.39. The number of aromatic nitrogens is 1. The first-order chi connectivity index (χ1) is 9.69. The molecule has 1 aliphatic heterocycles. The summed E-state index contributed by atoms with van der Waals surface area (Å²) in [5, 5.41) is 11.8. The van der Waals surface area contributed by atoms with Crippen molar-refractivity contribution in [2.75, 3.05) is 6.79 Å². The number of carbonyl (C=O) groups excluding carboxylic acids is 1. The number of thiazole rings is 1. The molecule has 2 heterocycles. The van der Waals surface area contributed by atoms with Gasteiger partial charge in [0.05, 0.1) is 11.1 Å². The molecule has 3 rings (SSSR count). The van der Waals surface area contributed by atoms with E-state index in [9.17, 15) is 10.1 Å². The molecule has 6 heteroatoms. The number of rotatable bonds is 3. The van der Waals surface area contributed by atoms with Crippen LogP contribution in [0.3, 0.4) is 0 Å². The van der Waals surface area contributed by atoms with Crippen LogP contribution in [0.4, 0.5) is 0 Å². The smallest absolute Gasteiger partial charge is 0.231 e. The molecule has 0 amide bonds. The van der Waals surface area contributed by atoms with Crippen molar-refractivity contribution in [2.24, 2.45) is 0 Å². The van der Waals surface area contributed by atoms with E-state index in [1.54, 1.807) is 23.6 Å². The number of benzene rings is 1. The summed E-state index contributed by atoms with van der Waals surface area (Å²) in [6.45, 7) is 1.98. The van der Waals surface area contributed by atoms with Gasteiger partial charge in [-0.25, -0.2) is 4.98 Å². The van der Waals surface area contributed by atoms with Gasteiger partial charge in [-0.2, -0.15) is 5.26 Å². The van der Waals surface area contributed by atoms with E-state index in [-0.39, 0.29) is 12.6 Å². The third-order valence-corrected chi connectivity index (χ3v) is 3.77. The molecule has 0 saturated heterocycles. The summed E-state index contributed by atoms with van der Waals surface area (Å²) in [6, 6.07) is 7.13. The number of hydrogen-bond donors (Lipinski definition) is 0. The van der Waals surface area contributed by atoms with Crippen LogP contribution in [0, 0.1) is 18.3 Å². The van der Waals surface area contributed by atoms with E-state index in [1.807, 2.05) is 13.0 Å². The van der Waals surface area contributed by atoms with Gasteiger partial charge in [0, 0.05) is 5.38 Å². The minimum absolute atomic E-state index is 0.162. The van der Waals surface area contributed by atoms with Crippen LogP contribution in [0.1, 0.15) is 27.0 Å². The van der Waals surface area contributed by atoms with Crippen LogP contribution in [0.2, 0.25) is 0 Å². The van der Waals surface area contributed by atoms with Crippen LogP contribution in [-0.2, 0) is 0 Å². The average molecular weight is 286 g/mol. The SMILES string of the molecule is Cc1nc(C(=O)C(C#N)c2ccc3c(c2)OCO3)cs1. The highest BCUT2D eigenvalue weighted by Gasteiger charge is 2.26. The highest BCUT2D eigenvalue weighted by molar-refractivity contribution is 7.09. The van der Waals surface area contributed by atoms with Crippen molar-refractivity contribution in [3.63, 3.8) is 0 Å². The monoisotopic (exact) mass is 286 g/mol. The van der Waals surface area contributed by atoms with Crippen LogP contribution in [0.15, 0.2) is 23.6 Å². The molecular weight excluding hydrogens is 276 g/mol. The molecule has 0 radical (unpaired) electrons. The first-order valence-corrected chi connectivity index (χ1v) is 6.82. The lowest BCUT2D eigenvalue weighted by atomic mass is 9.94. The van der Waals surface area contributed by atoms with Crippen LogP contribution in [0.5, 0.6) is 11.5 Å². The summed E-state index contributed by atoms with van der Waals surface area (Å²) < 4.78 is 10.5. The lowest BCUT2D eigenvalue weighted by Gasteiger charge is -2.07. The molecular formula is C14H10N2O3S. The Kier molecular flexibility index (Phi) is 3.12. The minimum atomic E-state index is -0.883. The zero-order valence-electron chi connectivity index (χ0n) is 10.6. The Morgan fingerprint density at radius 3 is 2.95 bits per heavy atom. The van der Waals surface area contributed by atoms with Crippen molar-refractivity contribution < 1.29 is 14.3 Å². The van der Waals surface area contributed by atoms with Crippen LogP contribution in [-0.4, -0.2) is 17.6 Å². The molecule has 0 spiro atoms. The quantitative estimate of drug-likeness (QED) is 0.811. The molecule has 1 aromatic carbocycles. The largest absolute Gasteiger partial charge is 0.454 e. The summed E-state index contributed by atoms with van der Waals surface area (Å²) in [5.74, 6) is 0.00844. The van der Waals surface area contributed by atoms with E-state index in [0.717, 1.165) is 5.01 Å². The van der Waals surface area contributed by atoms with Crippen molar-refractivity contribution in [3.8, 4) is 17.6 Å². The first kappa shape index (κ1) is 12.6. The zero-order chi connectivity index (χ0) is 14.1. The Morgan fingerprint density at radius 2 is 2.25 bits per heavy atom. The Balaban J connectivity index is 1.94. The predicted molar refractivity (Wildman–Crippen MR) is 72.1 cm³/mol. The van der Waals surface area contributed by atoms with E-state index in [0.29, 0.717) is 22.8 Å². The Hall–Kier alpha value is -2.39. The molecule has 100 valence electrons. The molecule has 0 aliphatic carbocycles. The summed E-state index contributed by atoms with van der Waals surface area (Å²) in [5.41, 5.74) is 0.920. The lowest BCUT2D eigenvalue weighted by molar-refractivity contribution is 0.0974. The number of aryl methyl sites for hydroxylation is 1. The van der Waals surface area contributed by atoms with E-state index in [2.05, 4.69) is 4.98 Å². The number of nitrogens with zero attached hydrogens (tertiary/aromatic N) is 2. The molecule has 0 N–H and O–H groups in total. The highest BCUT2D eigenvalue weighted by atomic mass is 32.1. The maximum Gasteiger partial charge on any atom is 0.231 e. The van der Waals surface area contributed by atoms with Crippen molar-refractivity contribution >= 4 is 17.1 Å². The number of hydrogen-bond acceptors (Lipinski definition) is 6. The van der Waals surface area contributed by atoms with Crippen LogP contribution >= 0.6 is 11.3 Å². The molecule has 0 fully saturated rings. The number of fused-ring (bicyclic) bond motifs is 1. The van der Waals surface area contributed by atoms with Gasteiger partial charge in [-0.1, -0.05) is 6.07 Å². The van der Waals surface area contributed by atoms with Gasteiger partial charge in [0.2, 0.25) is 12.6 Å². The number of Topliss-reactive ketones (excluding diaryl/α,β-unsaturated/α-hetero) is 1. The Morgan fingerprint density at radius 1 is 1.45 bits per heavy atom. The standard InChI is InChI=1S/C14H10N2O3S/c1-8-16-11(6-20-8)14(17)10(5-15)9-2-3-12-13(4-9)19-7-18-12/h2-4,6,10H,7H2,1H3. The molecule has 0 saturated carbocycles. The summed E-state index contributed by atoms with van der Waals surface area (Å²) in [7, 11) is 0. The number of ketones is 1. The van der Waals surface area contributed by atoms with Gasteiger partial charge in [0.15, 0.2) is 11.5 Å². The van der Waals surface area contributed by atoms with Crippen LogP contribution < -0.4 is 9.47 Å². The van der Waals surface area contributed by atoms with Gasteiger partial charge < -0.3 is 9.47 Å². The van der Waals surface area contributed by atoms with Gasteiger partial charge in [0.1, 0.15) is 11.6 Å².